The van der Waals surface area contributed by atoms with Crippen molar-refractivity contribution in [2.75, 3.05) is 21.3 Å². The van der Waals surface area contributed by atoms with Crippen LogP contribution in [-0.2, 0) is 14.2 Å². The number of hydrogen-bond donors (Lipinski definition) is 2. The smallest absolute Gasteiger partial charge is 0.354 e. The summed E-state index contributed by atoms with van der Waals surface area (Å²) in [7, 11) is 3.39. The number of H-pyrrole nitrogens is 2. The molecule has 0 saturated heterocycles. The van der Waals surface area contributed by atoms with E-state index >= 15 is 0 Å². The minimum absolute atomic E-state index is 0.0295. The number of aromatic nitrogens is 2. The van der Waals surface area contributed by atoms with Crippen LogP contribution in [0.4, 0.5) is 0 Å². The minimum Gasteiger partial charge on any atom is -0.465 e. The third-order valence-corrected chi connectivity index (χ3v) is 4.51. The van der Waals surface area contributed by atoms with E-state index in [-0.39, 0.29) is 44.3 Å². The molecule has 0 amide bonds. The fraction of sp³-hybridized carbons (Fsp3) is 0.211. The summed E-state index contributed by atoms with van der Waals surface area (Å²) in [5, 5.41) is 0.0590. The number of rotatable bonds is 3. The summed E-state index contributed by atoms with van der Waals surface area (Å²) < 4.78 is 14.1. The van der Waals surface area contributed by atoms with Crippen LogP contribution in [0.3, 0.4) is 0 Å². The van der Waals surface area contributed by atoms with Crippen LogP contribution in [0.5, 0.6) is 0 Å². The van der Waals surface area contributed by atoms with Crippen molar-refractivity contribution in [3.8, 4) is 0 Å². The lowest BCUT2D eigenvalue weighted by Crippen LogP contribution is -2.19. The Morgan fingerprint density at radius 2 is 1.10 bits per heavy atom. The lowest BCUT2D eigenvalue weighted by atomic mass is 9.97. The first-order valence-electron chi connectivity index (χ1n) is 8.26. The molecular formula is C19H16N2O8. The number of nitrogens with one attached hydrogen (secondary N) is 2. The zero-order valence-electron chi connectivity index (χ0n) is 15.9. The number of aryl methyl sites for hydroxylation is 1. The van der Waals surface area contributed by atoms with Crippen LogP contribution in [0.25, 0.3) is 21.8 Å². The van der Waals surface area contributed by atoms with Gasteiger partial charge in [0.2, 0.25) is 0 Å². The monoisotopic (exact) mass is 400 g/mol. The highest BCUT2D eigenvalue weighted by Crippen LogP contribution is 2.28. The molecule has 29 heavy (non-hydrogen) atoms. The Morgan fingerprint density at radius 3 is 1.45 bits per heavy atom. The minimum atomic E-state index is -0.893. The largest absolute Gasteiger partial charge is 0.465 e. The summed E-state index contributed by atoms with van der Waals surface area (Å²) in [6.45, 7) is 1.52. The molecule has 2 N–H and O–H groups in total. The van der Waals surface area contributed by atoms with Crippen molar-refractivity contribution >= 4 is 39.7 Å². The van der Waals surface area contributed by atoms with Crippen molar-refractivity contribution in [1.82, 2.24) is 9.97 Å². The quantitative estimate of drug-likeness (QED) is 0.377. The molecule has 0 spiro atoms. The Morgan fingerprint density at radius 1 is 0.724 bits per heavy atom. The Hall–Kier alpha value is -3.95. The summed E-state index contributed by atoms with van der Waals surface area (Å²) >= 11 is 0. The van der Waals surface area contributed by atoms with Gasteiger partial charge in [-0.25, -0.2) is 14.4 Å². The summed E-state index contributed by atoms with van der Waals surface area (Å²) in [5.74, 6) is -2.54. The van der Waals surface area contributed by atoms with Gasteiger partial charge in [0, 0.05) is 12.1 Å². The van der Waals surface area contributed by atoms with E-state index in [2.05, 4.69) is 19.4 Å². The second-order valence-electron chi connectivity index (χ2n) is 6.07. The Bertz CT molecular complexity index is 1230. The summed E-state index contributed by atoms with van der Waals surface area (Å²) in [5.41, 5.74) is -1.60. The van der Waals surface area contributed by atoms with Crippen LogP contribution < -0.4 is 10.9 Å². The normalized spacial score (nSPS) is 10.8. The lowest BCUT2D eigenvalue weighted by molar-refractivity contribution is 0.0586. The van der Waals surface area contributed by atoms with Crippen LogP contribution in [0.2, 0.25) is 0 Å². The van der Waals surface area contributed by atoms with E-state index in [1.165, 1.54) is 6.92 Å². The Balaban J connectivity index is 2.65. The number of hydrogen-bond acceptors (Lipinski definition) is 8. The molecule has 2 aromatic heterocycles. The van der Waals surface area contributed by atoms with Crippen molar-refractivity contribution in [3.63, 3.8) is 0 Å². The van der Waals surface area contributed by atoms with Crippen molar-refractivity contribution in [1.29, 1.82) is 0 Å². The topological polar surface area (TPSA) is 145 Å². The molecule has 0 unspecified atom stereocenters. The van der Waals surface area contributed by atoms with Gasteiger partial charge in [-0.15, -0.1) is 0 Å². The van der Waals surface area contributed by atoms with Gasteiger partial charge < -0.3 is 24.2 Å². The third kappa shape index (κ3) is 3.04. The maximum Gasteiger partial charge on any atom is 0.354 e. The number of aromatic amines is 2. The lowest BCUT2D eigenvalue weighted by Gasteiger charge is -2.14. The summed E-state index contributed by atoms with van der Waals surface area (Å²) in [4.78, 5) is 67.2. The SMILES string of the molecule is COC(=O)c1cc(=O)c2c(C)c3c(=O)cc(C(=O)OC)[nH]c3c(C(=O)OC)c2[nH]1. The van der Waals surface area contributed by atoms with E-state index in [9.17, 15) is 24.0 Å². The van der Waals surface area contributed by atoms with Crippen molar-refractivity contribution < 1.29 is 28.6 Å². The van der Waals surface area contributed by atoms with E-state index in [1.807, 2.05) is 0 Å². The first kappa shape index (κ1) is 19.8. The Kier molecular flexibility index (Phi) is 4.93. The number of methoxy groups -OCH3 is 3. The predicted molar refractivity (Wildman–Crippen MR) is 101 cm³/mol. The first-order valence-corrected chi connectivity index (χ1v) is 8.26. The molecular weight excluding hydrogens is 384 g/mol. The number of fused-ring (bicyclic) bond motifs is 2. The van der Waals surface area contributed by atoms with Gasteiger partial charge in [-0.3, -0.25) is 9.59 Å². The molecule has 0 fully saturated rings. The number of benzene rings is 1. The average molecular weight is 400 g/mol. The van der Waals surface area contributed by atoms with Crippen LogP contribution >= 0.6 is 0 Å². The molecule has 0 aliphatic rings. The third-order valence-electron chi connectivity index (χ3n) is 4.51. The number of ether oxygens (including phenoxy) is 3. The molecule has 150 valence electrons. The van der Waals surface area contributed by atoms with E-state index in [4.69, 9.17) is 4.74 Å². The Labute approximate surface area is 162 Å². The molecule has 0 aliphatic carbocycles. The van der Waals surface area contributed by atoms with Crippen LogP contribution in [0, 0.1) is 6.92 Å². The van der Waals surface area contributed by atoms with Gasteiger partial charge in [0.05, 0.1) is 43.1 Å². The van der Waals surface area contributed by atoms with Gasteiger partial charge in [0.1, 0.15) is 17.0 Å². The zero-order chi connectivity index (χ0) is 21.5. The molecule has 0 radical (unpaired) electrons. The van der Waals surface area contributed by atoms with Crippen molar-refractivity contribution in [3.05, 3.63) is 55.1 Å². The van der Waals surface area contributed by atoms with Gasteiger partial charge in [-0.05, 0) is 12.5 Å². The highest BCUT2D eigenvalue weighted by molar-refractivity contribution is 6.16. The molecule has 0 bridgehead atoms. The predicted octanol–water partition coefficient (Wildman–Crippen LogP) is 1.04. The average Bonchev–Trinajstić information content (AvgIpc) is 2.71. The van der Waals surface area contributed by atoms with E-state index in [0.29, 0.717) is 0 Å². The molecule has 0 saturated carbocycles. The van der Waals surface area contributed by atoms with Crippen LogP contribution in [-0.4, -0.2) is 49.2 Å². The van der Waals surface area contributed by atoms with E-state index in [1.54, 1.807) is 0 Å². The molecule has 0 atom stereocenters. The number of carbonyl (C=O) groups excluding carboxylic acids is 3. The van der Waals surface area contributed by atoms with Gasteiger partial charge in [0.25, 0.3) is 0 Å². The molecule has 10 heteroatoms. The maximum absolute atomic E-state index is 12.7. The molecule has 3 rings (SSSR count). The first-order chi connectivity index (χ1) is 13.7. The molecule has 10 nitrogen and oxygen atoms in total. The fourth-order valence-corrected chi connectivity index (χ4v) is 3.24. The summed E-state index contributed by atoms with van der Waals surface area (Å²) in [6, 6.07) is 2.04. The number of pyridine rings is 2. The van der Waals surface area contributed by atoms with Crippen LogP contribution in [0.15, 0.2) is 21.7 Å². The van der Waals surface area contributed by atoms with Crippen molar-refractivity contribution in [2.24, 2.45) is 0 Å². The molecule has 0 aliphatic heterocycles. The second kappa shape index (κ2) is 7.23. The van der Waals surface area contributed by atoms with E-state index in [0.717, 1.165) is 33.5 Å². The highest BCUT2D eigenvalue weighted by atomic mass is 16.5. The summed E-state index contributed by atoms with van der Waals surface area (Å²) in [6.07, 6.45) is 0. The number of carbonyl (C=O) groups is 3. The van der Waals surface area contributed by atoms with Crippen LogP contribution in [0.1, 0.15) is 36.9 Å². The second-order valence-corrected chi connectivity index (χ2v) is 6.07. The standard InChI is InChI=1S/C19H16N2O8/c1-7-12-10(22)5-8(17(24)27-2)20-15(12)14(19(26)29-4)16-13(7)11(23)6-9(21-16)18(25)28-3/h5-6H,1-4H3,(H,20,22)(H,21,23). The molecule has 1 aromatic carbocycles. The van der Waals surface area contributed by atoms with Gasteiger partial charge in [-0.1, -0.05) is 0 Å². The molecule has 2 heterocycles. The van der Waals surface area contributed by atoms with E-state index < -0.39 is 28.8 Å². The van der Waals surface area contributed by atoms with Gasteiger partial charge >= 0.3 is 17.9 Å². The number of esters is 3. The highest BCUT2D eigenvalue weighted by Gasteiger charge is 2.25. The van der Waals surface area contributed by atoms with Gasteiger partial charge in [0.15, 0.2) is 10.9 Å². The zero-order valence-corrected chi connectivity index (χ0v) is 15.9. The fourth-order valence-electron chi connectivity index (χ4n) is 3.24. The van der Waals surface area contributed by atoms with Gasteiger partial charge in [-0.2, -0.15) is 0 Å². The maximum atomic E-state index is 12.7. The van der Waals surface area contributed by atoms with Crippen molar-refractivity contribution in [2.45, 2.75) is 6.92 Å². The molecule has 3 aromatic rings.